The van der Waals surface area contributed by atoms with Gasteiger partial charge in [-0.05, 0) is 19.2 Å². The number of hydrogen-bond acceptors (Lipinski definition) is 4. The molecule has 20 heavy (non-hydrogen) atoms. The van der Waals surface area contributed by atoms with E-state index in [4.69, 9.17) is 14.2 Å². The Morgan fingerprint density at radius 1 is 1.05 bits per heavy atom. The highest BCUT2D eigenvalue weighted by Gasteiger charge is 2.21. The highest BCUT2D eigenvalue weighted by molar-refractivity contribution is 5.93. The molecule has 0 unspecified atom stereocenters. The van der Waals surface area contributed by atoms with E-state index in [1.807, 2.05) is 38.1 Å². The average Bonchev–Trinajstić information content (AvgIpc) is 2.46. The number of ether oxygens (including phenoxy) is 3. The molecular formula is C16H20O4. The maximum absolute atomic E-state index is 10.3. The number of methoxy groups -OCH3 is 1. The van der Waals surface area contributed by atoms with Crippen molar-refractivity contribution in [2.24, 2.45) is 0 Å². The van der Waals surface area contributed by atoms with Crippen molar-refractivity contribution in [3.63, 3.8) is 0 Å². The van der Waals surface area contributed by atoms with Gasteiger partial charge in [-0.1, -0.05) is 24.3 Å². The van der Waals surface area contributed by atoms with Gasteiger partial charge in [0.05, 0.1) is 12.7 Å². The summed E-state index contributed by atoms with van der Waals surface area (Å²) in [7, 11) is 1.59. The van der Waals surface area contributed by atoms with Crippen LogP contribution in [0.5, 0.6) is 11.5 Å². The minimum Gasteiger partial charge on any atom is -0.507 e. The summed E-state index contributed by atoms with van der Waals surface area (Å²) in [4.78, 5) is 0. The zero-order valence-electron chi connectivity index (χ0n) is 12.1. The van der Waals surface area contributed by atoms with Crippen LogP contribution in [-0.4, -0.2) is 25.4 Å². The molecule has 2 aromatic rings. The van der Waals surface area contributed by atoms with E-state index in [1.165, 1.54) is 0 Å². The predicted molar refractivity (Wildman–Crippen MR) is 78.2 cm³/mol. The summed E-state index contributed by atoms with van der Waals surface area (Å²) >= 11 is 0. The van der Waals surface area contributed by atoms with Gasteiger partial charge in [0, 0.05) is 24.7 Å². The van der Waals surface area contributed by atoms with Crippen LogP contribution in [0.3, 0.4) is 0 Å². The first-order valence-electron chi connectivity index (χ1n) is 6.74. The molecule has 0 saturated heterocycles. The predicted octanol–water partition coefficient (Wildman–Crippen LogP) is 3.63. The van der Waals surface area contributed by atoms with Crippen molar-refractivity contribution >= 4 is 10.8 Å². The Morgan fingerprint density at radius 3 is 2.20 bits per heavy atom. The second kappa shape index (κ2) is 6.59. The fourth-order valence-corrected chi connectivity index (χ4v) is 2.28. The van der Waals surface area contributed by atoms with Gasteiger partial charge in [-0.2, -0.15) is 0 Å². The van der Waals surface area contributed by atoms with Crippen LogP contribution in [0.25, 0.3) is 10.8 Å². The third-order valence-corrected chi connectivity index (χ3v) is 3.12. The molecule has 4 nitrogen and oxygen atoms in total. The fourth-order valence-electron chi connectivity index (χ4n) is 2.28. The van der Waals surface area contributed by atoms with Crippen LogP contribution in [0.4, 0.5) is 0 Å². The molecule has 0 radical (unpaired) electrons. The van der Waals surface area contributed by atoms with Gasteiger partial charge in [-0.25, -0.2) is 0 Å². The van der Waals surface area contributed by atoms with Gasteiger partial charge in [0.25, 0.3) is 0 Å². The monoisotopic (exact) mass is 276 g/mol. The summed E-state index contributed by atoms with van der Waals surface area (Å²) in [6.45, 7) is 4.80. The van der Waals surface area contributed by atoms with Gasteiger partial charge in [-0.3, -0.25) is 0 Å². The number of rotatable bonds is 6. The topological polar surface area (TPSA) is 47.9 Å². The smallest absolute Gasteiger partial charge is 0.187 e. The second-order valence-electron chi connectivity index (χ2n) is 4.30. The molecule has 2 aromatic carbocycles. The normalized spacial score (nSPS) is 11.2. The molecule has 0 spiro atoms. The van der Waals surface area contributed by atoms with Crippen molar-refractivity contribution in [2.45, 2.75) is 20.1 Å². The average molecular weight is 276 g/mol. The number of phenolic OH excluding ortho intramolecular Hbond substituents is 1. The molecule has 0 aliphatic heterocycles. The Bertz CT molecular complexity index is 574. The number of hydrogen-bond donors (Lipinski definition) is 1. The lowest BCUT2D eigenvalue weighted by Gasteiger charge is -2.21. The van der Waals surface area contributed by atoms with Crippen molar-refractivity contribution in [3.8, 4) is 11.5 Å². The fraction of sp³-hybridized carbons (Fsp3) is 0.375. The van der Waals surface area contributed by atoms with Crippen molar-refractivity contribution in [3.05, 3.63) is 35.9 Å². The summed E-state index contributed by atoms with van der Waals surface area (Å²) < 4.78 is 16.5. The van der Waals surface area contributed by atoms with Gasteiger partial charge < -0.3 is 19.3 Å². The van der Waals surface area contributed by atoms with Gasteiger partial charge in [0.2, 0.25) is 0 Å². The summed E-state index contributed by atoms with van der Waals surface area (Å²) in [6, 6.07) is 9.33. The molecule has 0 fully saturated rings. The zero-order chi connectivity index (χ0) is 14.5. The molecule has 0 atom stereocenters. The van der Waals surface area contributed by atoms with Crippen LogP contribution >= 0.6 is 0 Å². The first-order chi connectivity index (χ1) is 9.72. The standard InChI is InChI=1S/C16H20O4/c1-4-19-16(20-5-2)15-12-9-7-6-8-11(12)14(18-3)10-13(15)17/h6-10,16-17H,4-5H2,1-3H3. The van der Waals surface area contributed by atoms with Crippen LogP contribution in [0.15, 0.2) is 30.3 Å². The van der Waals surface area contributed by atoms with Gasteiger partial charge in [0.15, 0.2) is 6.29 Å². The Kier molecular flexibility index (Phi) is 4.82. The first-order valence-corrected chi connectivity index (χ1v) is 6.74. The third kappa shape index (κ3) is 2.71. The SMILES string of the molecule is CCOC(OCC)c1c(O)cc(OC)c2ccccc12. The third-order valence-electron chi connectivity index (χ3n) is 3.12. The molecule has 0 amide bonds. The Balaban J connectivity index is 2.65. The Hall–Kier alpha value is -1.78. The van der Waals surface area contributed by atoms with E-state index < -0.39 is 6.29 Å². The summed E-state index contributed by atoms with van der Waals surface area (Å²) in [5, 5.41) is 12.1. The van der Waals surface area contributed by atoms with Crippen LogP contribution in [0.1, 0.15) is 25.7 Å². The molecule has 0 saturated carbocycles. The highest BCUT2D eigenvalue weighted by atomic mass is 16.7. The van der Waals surface area contributed by atoms with E-state index in [-0.39, 0.29) is 5.75 Å². The molecular weight excluding hydrogens is 256 g/mol. The number of benzene rings is 2. The maximum atomic E-state index is 10.3. The summed E-state index contributed by atoms with van der Waals surface area (Å²) in [5.41, 5.74) is 0.644. The Labute approximate surface area is 118 Å². The van der Waals surface area contributed by atoms with Crippen molar-refractivity contribution in [1.29, 1.82) is 0 Å². The first kappa shape index (κ1) is 14.6. The highest BCUT2D eigenvalue weighted by Crippen LogP contribution is 2.39. The van der Waals surface area contributed by atoms with E-state index >= 15 is 0 Å². The van der Waals surface area contributed by atoms with Crippen LogP contribution in [0, 0.1) is 0 Å². The van der Waals surface area contributed by atoms with E-state index in [0.717, 1.165) is 10.8 Å². The van der Waals surface area contributed by atoms with Gasteiger partial charge in [0.1, 0.15) is 11.5 Å². The van der Waals surface area contributed by atoms with Gasteiger partial charge >= 0.3 is 0 Å². The van der Waals surface area contributed by atoms with E-state index in [9.17, 15) is 5.11 Å². The molecule has 4 heteroatoms. The number of fused-ring (bicyclic) bond motifs is 1. The van der Waals surface area contributed by atoms with Crippen LogP contribution in [-0.2, 0) is 9.47 Å². The summed E-state index contributed by atoms with van der Waals surface area (Å²) in [5.74, 6) is 0.751. The lowest BCUT2D eigenvalue weighted by Crippen LogP contribution is -2.10. The lowest BCUT2D eigenvalue weighted by molar-refractivity contribution is -0.140. The Morgan fingerprint density at radius 2 is 1.65 bits per heavy atom. The molecule has 0 heterocycles. The van der Waals surface area contributed by atoms with Crippen molar-refractivity contribution < 1.29 is 19.3 Å². The summed E-state index contributed by atoms with van der Waals surface area (Å²) in [6.07, 6.45) is -0.583. The molecule has 0 aliphatic carbocycles. The van der Waals surface area contributed by atoms with Crippen molar-refractivity contribution in [1.82, 2.24) is 0 Å². The lowest BCUT2D eigenvalue weighted by atomic mass is 10.0. The largest absolute Gasteiger partial charge is 0.507 e. The van der Waals surface area contributed by atoms with E-state index in [0.29, 0.717) is 24.5 Å². The van der Waals surface area contributed by atoms with E-state index in [2.05, 4.69) is 0 Å². The molecule has 0 bridgehead atoms. The van der Waals surface area contributed by atoms with E-state index in [1.54, 1.807) is 13.2 Å². The van der Waals surface area contributed by atoms with Crippen LogP contribution in [0.2, 0.25) is 0 Å². The minimum absolute atomic E-state index is 0.118. The number of aromatic hydroxyl groups is 1. The molecule has 1 N–H and O–H groups in total. The minimum atomic E-state index is -0.583. The number of phenols is 1. The molecule has 0 aliphatic rings. The molecule has 2 rings (SSSR count). The van der Waals surface area contributed by atoms with Crippen molar-refractivity contribution in [2.75, 3.05) is 20.3 Å². The zero-order valence-corrected chi connectivity index (χ0v) is 12.1. The van der Waals surface area contributed by atoms with Gasteiger partial charge in [-0.15, -0.1) is 0 Å². The molecule has 0 aromatic heterocycles. The quantitative estimate of drug-likeness (QED) is 0.818. The maximum Gasteiger partial charge on any atom is 0.187 e. The van der Waals surface area contributed by atoms with Crippen LogP contribution < -0.4 is 4.74 Å². The second-order valence-corrected chi connectivity index (χ2v) is 4.30. The molecule has 108 valence electrons.